The summed E-state index contributed by atoms with van der Waals surface area (Å²) in [4.78, 5) is 4.29. The van der Waals surface area contributed by atoms with Gasteiger partial charge in [0.2, 0.25) is 0 Å². The van der Waals surface area contributed by atoms with Crippen LogP contribution in [0.3, 0.4) is 0 Å². The Hall–Kier alpha value is -1.44. The largest absolute Gasteiger partial charge is 0.392 e. The highest BCUT2D eigenvalue weighted by atomic mass is 32.2. The highest BCUT2D eigenvalue weighted by Crippen LogP contribution is 2.23. The van der Waals surface area contributed by atoms with Crippen LogP contribution >= 0.6 is 11.3 Å². The van der Waals surface area contributed by atoms with E-state index in [1.165, 1.54) is 17.4 Å². The molecule has 0 aliphatic carbocycles. The number of anilines is 1. The van der Waals surface area contributed by atoms with Crippen molar-refractivity contribution >= 4 is 26.5 Å². The van der Waals surface area contributed by atoms with Crippen LogP contribution in [0.1, 0.15) is 23.7 Å². The van der Waals surface area contributed by atoms with Crippen molar-refractivity contribution in [3.8, 4) is 0 Å². The molecule has 0 amide bonds. The third-order valence-corrected chi connectivity index (χ3v) is 5.25. The number of hydrogen-bond acceptors (Lipinski definition) is 5. The summed E-state index contributed by atoms with van der Waals surface area (Å²) >= 11 is 1.24. The van der Waals surface area contributed by atoms with Gasteiger partial charge in [-0.3, -0.25) is 4.72 Å². The van der Waals surface area contributed by atoms with Crippen LogP contribution in [0, 0.1) is 6.92 Å². The number of aliphatic hydroxyl groups is 1. The van der Waals surface area contributed by atoms with Gasteiger partial charge in [0, 0.05) is 5.38 Å². The Morgan fingerprint density at radius 3 is 2.70 bits per heavy atom. The van der Waals surface area contributed by atoms with Crippen LogP contribution in [0.25, 0.3) is 0 Å². The Labute approximate surface area is 122 Å². The van der Waals surface area contributed by atoms with Crippen LogP contribution < -0.4 is 4.72 Å². The number of nitrogens with zero attached hydrogens (tertiary/aromatic N) is 1. The SMILES string of the molecule is CCc1ccc(CO)cc1S(=O)(=O)Nc1nc(C)cs1. The van der Waals surface area contributed by atoms with Gasteiger partial charge in [-0.15, -0.1) is 11.3 Å². The fourth-order valence-electron chi connectivity index (χ4n) is 1.81. The molecule has 1 aromatic carbocycles. The molecule has 2 N–H and O–H groups in total. The Bertz CT molecular complexity index is 708. The zero-order valence-electron chi connectivity index (χ0n) is 11.3. The number of aromatic nitrogens is 1. The van der Waals surface area contributed by atoms with Gasteiger partial charge in [-0.05, 0) is 30.5 Å². The van der Waals surface area contributed by atoms with E-state index in [-0.39, 0.29) is 11.5 Å². The van der Waals surface area contributed by atoms with E-state index in [0.29, 0.717) is 22.7 Å². The van der Waals surface area contributed by atoms with Gasteiger partial charge in [-0.2, -0.15) is 0 Å². The van der Waals surface area contributed by atoms with Crippen molar-refractivity contribution in [1.82, 2.24) is 4.98 Å². The van der Waals surface area contributed by atoms with Gasteiger partial charge in [0.15, 0.2) is 5.13 Å². The minimum atomic E-state index is -3.69. The molecule has 0 fully saturated rings. The Morgan fingerprint density at radius 2 is 2.15 bits per heavy atom. The lowest BCUT2D eigenvalue weighted by atomic mass is 10.1. The second-order valence-corrected chi connectivity index (χ2v) is 6.86. The summed E-state index contributed by atoms with van der Waals surface area (Å²) in [6.45, 7) is 3.50. The molecule has 108 valence electrons. The quantitative estimate of drug-likeness (QED) is 0.888. The summed E-state index contributed by atoms with van der Waals surface area (Å²) in [6.07, 6.45) is 0.596. The molecule has 7 heteroatoms. The van der Waals surface area contributed by atoms with E-state index >= 15 is 0 Å². The van der Waals surface area contributed by atoms with Crippen LogP contribution in [-0.4, -0.2) is 18.5 Å². The third kappa shape index (κ3) is 3.17. The molecular formula is C13H16N2O3S2. The maximum atomic E-state index is 12.4. The molecule has 0 aliphatic heterocycles. The van der Waals surface area contributed by atoms with E-state index in [1.54, 1.807) is 24.4 Å². The van der Waals surface area contributed by atoms with Gasteiger partial charge >= 0.3 is 0 Å². The molecule has 2 rings (SSSR count). The normalized spacial score (nSPS) is 11.6. The topological polar surface area (TPSA) is 79.3 Å². The van der Waals surface area contributed by atoms with Crippen LogP contribution in [-0.2, 0) is 23.1 Å². The Kier molecular flexibility index (Phi) is 4.42. The molecule has 0 saturated heterocycles. The average molecular weight is 312 g/mol. The lowest BCUT2D eigenvalue weighted by Gasteiger charge is -2.11. The predicted octanol–water partition coefficient (Wildman–Crippen LogP) is 2.31. The molecule has 0 bridgehead atoms. The van der Waals surface area contributed by atoms with E-state index in [1.807, 2.05) is 6.92 Å². The zero-order chi connectivity index (χ0) is 14.8. The fourth-order valence-corrected chi connectivity index (χ4v) is 4.11. The number of hydrogen-bond donors (Lipinski definition) is 2. The monoisotopic (exact) mass is 312 g/mol. The summed E-state index contributed by atoms with van der Waals surface area (Å²) in [5.74, 6) is 0. The van der Waals surface area contributed by atoms with Crippen molar-refractivity contribution in [2.75, 3.05) is 4.72 Å². The van der Waals surface area contributed by atoms with Gasteiger partial charge in [0.05, 0.1) is 17.2 Å². The maximum absolute atomic E-state index is 12.4. The number of thiazole rings is 1. The van der Waals surface area contributed by atoms with Crippen molar-refractivity contribution < 1.29 is 13.5 Å². The first-order valence-electron chi connectivity index (χ1n) is 6.14. The minimum Gasteiger partial charge on any atom is -0.392 e. The van der Waals surface area contributed by atoms with Crippen LogP contribution in [0.5, 0.6) is 0 Å². The van der Waals surface area contributed by atoms with Gasteiger partial charge in [0.25, 0.3) is 10.0 Å². The van der Waals surface area contributed by atoms with Gasteiger partial charge in [-0.1, -0.05) is 19.1 Å². The summed E-state index contributed by atoms with van der Waals surface area (Å²) in [7, 11) is -3.69. The molecule has 5 nitrogen and oxygen atoms in total. The molecule has 0 unspecified atom stereocenters. The van der Waals surface area contributed by atoms with E-state index < -0.39 is 10.0 Å². The van der Waals surface area contributed by atoms with E-state index in [2.05, 4.69) is 9.71 Å². The fraction of sp³-hybridized carbons (Fsp3) is 0.308. The van der Waals surface area contributed by atoms with Crippen molar-refractivity contribution in [2.45, 2.75) is 31.8 Å². The molecular weight excluding hydrogens is 296 g/mol. The number of benzene rings is 1. The second kappa shape index (κ2) is 5.90. The number of aliphatic hydroxyl groups excluding tert-OH is 1. The van der Waals surface area contributed by atoms with Gasteiger partial charge in [-0.25, -0.2) is 13.4 Å². The van der Waals surface area contributed by atoms with E-state index in [4.69, 9.17) is 5.11 Å². The molecule has 0 saturated carbocycles. The first-order chi connectivity index (χ1) is 9.46. The Morgan fingerprint density at radius 1 is 1.40 bits per heavy atom. The second-order valence-electron chi connectivity index (χ2n) is 4.35. The summed E-state index contributed by atoms with van der Waals surface area (Å²) in [5.41, 5.74) is 2.05. The standard InChI is InChI=1S/C13H16N2O3S2/c1-3-11-5-4-10(7-16)6-12(11)20(17,18)15-13-14-9(2)8-19-13/h4-6,8,16H,3,7H2,1-2H3,(H,14,15). The number of sulfonamides is 1. The molecule has 20 heavy (non-hydrogen) atoms. The third-order valence-electron chi connectivity index (χ3n) is 2.83. The van der Waals surface area contributed by atoms with Gasteiger partial charge < -0.3 is 5.11 Å². The first-order valence-corrected chi connectivity index (χ1v) is 8.50. The van der Waals surface area contributed by atoms with Crippen molar-refractivity contribution in [3.63, 3.8) is 0 Å². The van der Waals surface area contributed by atoms with Crippen LogP contribution in [0.4, 0.5) is 5.13 Å². The maximum Gasteiger partial charge on any atom is 0.263 e. The summed E-state index contributed by atoms with van der Waals surface area (Å²) in [6, 6.07) is 4.96. The molecule has 0 spiro atoms. The highest BCUT2D eigenvalue weighted by molar-refractivity contribution is 7.93. The zero-order valence-corrected chi connectivity index (χ0v) is 12.9. The van der Waals surface area contributed by atoms with Crippen molar-refractivity contribution in [1.29, 1.82) is 0 Å². The van der Waals surface area contributed by atoms with E-state index in [0.717, 1.165) is 5.69 Å². The number of nitrogens with one attached hydrogen (secondary N) is 1. The van der Waals surface area contributed by atoms with Crippen molar-refractivity contribution in [2.24, 2.45) is 0 Å². The van der Waals surface area contributed by atoms with Crippen LogP contribution in [0.15, 0.2) is 28.5 Å². The average Bonchev–Trinajstić information content (AvgIpc) is 2.82. The van der Waals surface area contributed by atoms with Crippen molar-refractivity contribution in [3.05, 3.63) is 40.4 Å². The molecule has 0 aliphatic rings. The first kappa shape index (κ1) is 15.0. The molecule has 1 heterocycles. The Balaban J connectivity index is 2.42. The van der Waals surface area contributed by atoms with Gasteiger partial charge in [0.1, 0.15) is 0 Å². The lowest BCUT2D eigenvalue weighted by Crippen LogP contribution is -2.15. The molecule has 0 radical (unpaired) electrons. The van der Waals surface area contributed by atoms with Crippen LogP contribution in [0.2, 0.25) is 0 Å². The smallest absolute Gasteiger partial charge is 0.263 e. The molecule has 0 atom stereocenters. The van der Waals surface area contributed by atoms with E-state index in [9.17, 15) is 8.42 Å². The lowest BCUT2D eigenvalue weighted by molar-refractivity contribution is 0.281. The summed E-state index contributed by atoms with van der Waals surface area (Å²) in [5, 5.41) is 11.3. The minimum absolute atomic E-state index is 0.192. The predicted molar refractivity (Wildman–Crippen MR) is 79.4 cm³/mol. The molecule has 1 aromatic heterocycles. The number of rotatable bonds is 5. The molecule has 2 aromatic rings. The highest BCUT2D eigenvalue weighted by Gasteiger charge is 2.19. The summed E-state index contributed by atoms with van der Waals surface area (Å²) < 4.78 is 27.3. The number of aryl methyl sites for hydroxylation is 2.